The van der Waals surface area contributed by atoms with Crippen LogP contribution in [0.4, 0.5) is 0 Å². The first-order chi connectivity index (χ1) is 34.7. The Balaban J connectivity index is 0.943. The lowest BCUT2D eigenvalue weighted by molar-refractivity contribution is 0.954. The molecule has 0 spiro atoms. The molecule has 14 aromatic rings. The molecule has 0 aliphatic carbocycles. The Hall–Kier alpha value is -9.59. The number of fused-ring (bicyclic) bond motifs is 8. The van der Waals surface area contributed by atoms with Gasteiger partial charge in [0.2, 0.25) is 11.9 Å². The first kappa shape index (κ1) is 39.6. The molecule has 0 aliphatic heterocycles. The fourth-order valence-electron chi connectivity index (χ4n) is 10.3. The van der Waals surface area contributed by atoms with Crippen molar-refractivity contribution in [2.24, 2.45) is 0 Å². The van der Waals surface area contributed by atoms with Crippen LogP contribution in [0.5, 0.6) is 0 Å². The third-order valence-electron chi connectivity index (χ3n) is 13.6. The average Bonchev–Trinajstić information content (AvgIpc) is 3.93. The monoisotopic (exact) mass is 893 g/mol. The number of benzene rings is 10. The van der Waals surface area contributed by atoms with Gasteiger partial charge in [-0.3, -0.25) is 9.13 Å². The second-order valence-corrected chi connectivity index (χ2v) is 17.7. The fraction of sp³-hybridized carbons (Fsp3) is 0. The van der Waals surface area contributed by atoms with Gasteiger partial charge in [-0.15, -0.1) is 0 Å². The molecular formula is C63H39N7. The summed E-state index contributed by atoms with van der Waals surface area (Å²) in [5.41, 5.74) is 11.9. The lowest BCUT2D eigenvalue weighted by Crippen LogP contribution is -2.06. The van der Waals surface area contributed by atoms with Crippen molar-refractivity contribution in [3.05, 3.63) is 237 Å². The van der Waals surface area contributed by atoms with E-state index in [0.717, 1.165) is 105 Å². The minimum atomic E-state index is 0.564. The van der Waals surface area contributed by atoms with E-state index in [1.807, 2.05) is 30.3 Å². The fourth-order valence-corrected chi connectivity index (χ4v) is 10.3. The molecule has 0 N–H and O–H groups in total. The zero-order valence-electron chi connectivity index (χ0n) is 37.6. The Labute approximate surface area is 402 Å². The summed E-state index contributed by atoms with van der Waals surface area (Å²) in [5.74, 6) is 2.39. The smallest absolute Gasteiger partial charge is 0.238 e. The summed E-state index contributed by atoms with van der Waals surface area (Å²) in [6.45, 7) is 0. The van der Waals surface area contributed by atoms with E-state index in [9.17, 15) is 0 Å². The highest BCUT2D eigenvalue weighted by molar-refractivity contribution is 6.16. The summed E-state index contributed by atoms with van der Waals surface area (Å²) in [4.78, 5) is 26.3. The van der Waals surface area contributed by atoms with Crippen molar-refractivity contribution in [1.29, 1.82) is 0 Å². The van der Waals surface area contributed by atoms with Gasteiger partial charge in [-0.1, -0.05) is 188 Å². The maximum Gasteiger partial charge on any atom is 0.238 e. The largest absolute Gasteiger partial charge is 0.278 e. The maximum atomic E-state index is 5.33. The Morgan fingerprint density at radius 3 is 1.34 bits per heavy atom. The molecule has 0 unspecified atom stereocenters. The van der Waals surface area contributed by atoms with E-state index in [1.165, 1.54) is 5.39 Å². The SMILES string of the molecule is c1ccc(-c2cc(-c3ccccc3)nc(-n3c4ccccc4c4cc5c(-c6cccc(-c7nc(-c8ccccc8)nc(-n8c9ccccc9c9cc%10ccccc%10cc98)n7)c6)cccc5cc43)n2)cc1. The zero-order valence-corrected chi connectivity index (χ0v) is 37.6. The molecule has 0 aliphatic rings. The maximum absolute atomic E-state index is 5.33. The van der Waals surface area contributed by atoms with E-state index in [0.29, 0.717) is 23.5 Å². The number of aromatic nitrogens is 7. The van der Waals surface area contributed by atoms with Gasteiger partial charge < -0.3 is 0 Å². The first-order valence-corrected chi connectivity index (χ1v) is 23.5. The summed E-state index contributed by atoms with van der Waals surface area (Å²) in [6, 6.07) is 82.8. The molecule has 10 aromatic carbocycles. The van der Waals surface area contributed by atoms with Crippen LogP contribution in [0.25, 0.3) is 133 Å². The molecular weight excluding hydrogens is 855 g/mol. The molecule has 70 heavy (non-hydrogen) atoms. The number of rotatable bonds is 7. The predicted molar refractivity (Wildman–Crippen MR) is 286 cm³/mol. The molecule has 0 saturated heterocycles. The van der Waals surface area contributed by atoms with Crippen LogP contribution in [0, 0.1) is 0 Å². The van der Waals surface area contributed by atoms with E-state index in [-0.39, 0.29) is 0 Å². The van der Waals surface area contributed by atoms with Crippen LogP contribution in [-0.4, -0.2) is 34.1 Å². The van der Waals surface area contributed by atoms with Gasteiger partial charge >= 0.3 is 0 Å². The standard InChI is InChI=1S/C63H39N7/c1-4-18-40(19-5-1)54-39-55(41-20-6-2-7-21-41)65-62(64-54)69-57-33-15-13-30-50(57)53-38-51-46(37-59(53)69)27-17-31-48(51)45-26-16-28-47(34-45)61-66-60(42-22-8-3-9-23-42)67-63(68-61)70-56-32-14-12-29-49(56)52-35-43-24-10-11-25-44(43)36-58(52)70/h1-39H. The van der Waals surface area contributed by atoms with Crippen molar-refractivity contribution < 1.29 is 0 Å². The number of hydrogen-bond acceptors (Lipinski definition) is 5. The van der Waals surface area contributed by atoms with Crippen LogP contribution < -0.4 is 0 Å². The van der Waals surface area contributed by atoms with E-state index in [4.69, 9.17) is 24.9 Å². The molecule has 0 radical (unpaired) electrons. The van der Waals surface area contributed by atoms with Crippen LogP contribution >= 0.6 is 0 Å². The van der Waals surface area contributed by atoms with Gasteiger partial charge in [-0.2, -0.15) is 9.97 Å². The second kappa shape index (κ2) is 16.0. The minimum Gasteiger partial charge on any atom is -0.278 e. The van der Waals surface area contributed by atoms with Crippen LogP contribution in [0.2, 0.25) is 0 Å². The van der Waals surface area contributed by atoms with Crippen molar-refractivity contribution >= 4 is 65.2 Å². The Morgan fingerprint density at radius 2 is 0.700 bits per heavy atom. The van der Waals surface area contributed by atoms with Gasteiger partial charge in [0.1, 0.15) is 0 Å². The molecule has 326 valence electrons. The minimum absolute atomic E-state index is 0.564. The Morgan fingerprint density at radius 1 is 0.243 bits per heavy atom. The third-order valence-corrected chi connectivity index (χ3v) is 13.6. The van der Waals surface area contributed by atoms with Gasteiger partial charge in [-0.05, 0) is 81.2 Å². The van der Waals surface area contributed by atoms with E-state index in [1.54, 1.807) is 0 Å². The number of hydrogen-bond donors (Lipinski definition) is 0. The lowest BCUT2D eigenvalue weighted by atomic mass is 9.95. The molecule has 0 saturated carbocycles. The van der Waals surface area contributed by atoms with Crippen LogP contribution in [0.15, 0.2) is 237 Å². The second-order valence-electron chi connectivity index (χ2n) is 17.7. The molecule has 4 heterocycles. The first-order valence-electron chi connectivity index (χ1n) is 23.5. The van der Waals surface area contributed by atoms with E-state index in [2.05, 4.69) is 215 Å². The van der Waals surface area contributed by atoms with Crippen LogP contribution in [-0.2, 0) is 0 Å². The summed E-state index contributed by atoms with van der Waals surface area (Å²) in [6.07, 6.45) is 0. The van der Waals surface area contributed by atoms with Crippen molar-refractivity contribution in [1.82, 2.24) is 34.1 Å². The highest BCUT2D eigenvalue weighted by Crippen LogP contribution is 2.40. The molecule has 0 fully saturated rings. The van der Waals surface area contributed by atoms with Crippen molar-refractivity contribution in [3.8, 4) is 68.3 Å². The quantitative estimate of drug-likeness (QED) is 0.159. The average molecular weight is 894 g/mol. The third kappa shape index (κ3) is 6.55. The Bertz CT molecular complexity index is 4290. The van der Waals surface area contributed by atoms with Gasteiger partial charge in [0.25, 0.3) is 0 Å². The predicted octanol–water partition coefficient (Wildman–Crippen LogP) is 15.5. The van der Waals surface area contributed by atoms with Crippen molar-refractivity contribution in [3.63, 3.8) is 0 Å². The van der Waals surface area contributed by atoms with Gasteiger partial charge in [0.15, 0.2) is 11.6 Å². The van der Waals surface area contributed by atoms with Crippen LogP contribution in [0.1, 0.15) is 0 Å². The molecule has 7 heteroatoms. The topological polar surface area (TPSA) is 74.3 Å². The van der Waals surface area contributed by atoms with Gasteiger partial charge in [-0.25, -0.2) is 15.0 Å². The van der Waals surface area contributed by atoms with Crippen molar-refractivity contribution in [2.75, 3.05) is 0 Å². The summed E-state index contributed by atoms with van der Waals surface area (Å²) in [5, 5.41) is 9.13. The summed E-state index contributed by atoms with van der Waals surface area (Å²) < 4.78 is 4.41. The van der Waals surface area contributed by atoms with Gasteiger partial charge in [0, 0.05) is 43.8 Å². The van der Waals surface area contributed by atoms with E-state index < -0.39 is 0 Å². The molecule has 0 amide bonds. The summed E-state index contributed by atoms with van der Waals surface area (Å²) >= 11 is 0. The zero-order chi connectivity index (χ0) is 46.1. The normalized spacial score (nSPS) is 11.7. The number of nitrogens with zero attached hydrogens (tertiary/aromatic N) is 7. The van der Waals surface area contributed by atoms with E-state index >= 15 is 0 Å². The van der Waals surface area contributed by atoms with Crippen molar-refractivity contribution in [2.45, 2.75) is 0 Å². The molecule has 0 bridgehead atoms. The Kier molecular flexibility index (Phi) is 9.07. The lowest BCUT2D eigenvalue weighted by Gasteiger charge is -2.13. The summed E-state index contributed by atoms with van der Waals surface area (Å²) in [7, 11) is 0. The van der Waals surface area contributed by atoms with Gasteiger partial charge in [0.05, 0.1) is 33.5 Å². The molecule has 0 atom stereocenters. The van der Waals surface area contributed by atoms with Crippen LogP contribution in [0.3, 0.4) is 0 Å². The molecule has 14 rings (SSSR count). The molecule has 4 aromatic heterocycles. The highest BCUT2D eigenvalue weighted by Gasteiger charge is 2.21. The number of para-hydroxylation sites is 2. The molecule has 7 nitrogen and oxygen atoms in total. The highest BCUT2D eigenvalue weighted by atomic mass is 15.2.